The van der Waals surface area contributed by atoms with Crippen LogP contribution in [0.3, 0.4) is 0 Å². The van der Waals surface area contributed by atoms with Crippen LogP contribution in [0.25, 0.3) is 0 Å². The molecular formula is C11H13N3O4. The van der Waals surface area contributed by atoms with Crippen molar-refractivity contribution in [1.82, 2.24) is 10.3 Å². The Labute approximate surface area is 103 Å². The number of carbonyl (C=O) groups is 2. The number of hydrogen-bond donors (Lipinski definition) is 3. The highest BCUT2D eigenvalue weighted by atomic mass is 16.5. The first-order valence-electron chi connectivity index (χ1n) is 5.38. The van der Waals surface area contributed by atoms with Crippen LogP contribution >= 0.6 is 0 Å². The molecule has 0 aromatic carbocycles. The number of nitrogens with one attached hydrogen (secondary N) is 1. The van der Waals surface area contributed by atoms with Gasteiger partial charge in [0.15, 0.2) is 5.54 Å². The maximum absolute atomic E-state index is 11.9. The zero-order valence-electron chi connectivity index (χ0n) is 9.55. The number of amides is 1. The normalized spacial score (nSPS) is 22.7. The van der Waals surface area contributed by atoms with Crippen molar-refractivity contribution in [2.75, 3.05) is 18.9 Å². The van der Waals surface area contributed by atoms with Crippen molar-refractivity contribution >= 4 is 17.6 Å². The highest BCUT2D eigenvalue weighted by molar-refractivity contribution is 5.98. The number of hydrogen-bond acceptors (Lipinski definition) is 5. The van der Waals surface area contributed by atoms with Gasteiger partial charge in [0.2, 0.25) is 0 Å². The van der Waals surface area contributed by atoms with Gasteiger partial charge in [-0.1, -0.05) is 0 Å². The van der Waals surface area contributed by atoms with Gasteiger partial charge in [0.05, 0.1) is 17.9 Å². The molecule has 1 unspecified atom stereocenters. The molecule has 4 N–H and O–H groups in total. The zero-order valence-corrected chi connectivity index (χ0v) is 9.55. The maximum atomic E-state index is 11.9. The van der Waals surface area contributed by atoms with Gasteiger partial charge in [-0.2, -0.15) is 0 Å². The van der Waals surface area contributed by atoms with Gasteiger partial charge in [-0.15, -0.1) is 0 Å². The Hall–Kier alpha value is -2.15. The zero-order chi connectivity index (χ0) is 13.2. The van der Waals surface area contributed by atoms with Crippen molar-refractivity contribution in [2.24, 2.45) is 0 Å². The third kappa shape index (κ3) is 2.25. The fraction of sp³-hybridized carbons (Fsp3) is 0.364. The lowest BCUT2D eigenvalue weighted by atomic mass is 9.98. The molecule has 0 spiro atoms. The monoisotopic (exact) mass is 251 g/mol. The van der Waals surface area contributed by atoms with Crippen molar-refractivity contribution in [3.63, 3.8) is 0 Å². The third-order valence-corrected chi connectivity index (χ3v) is 2.81. The first-order valence-corrected chi connectivity index (χ1v) is 5.38. The smallest absolute Gasteiger partial charge is 0.331 e. The molecule has 0 bridgehead atoms. The van der Waals surface area contributed by atoms with E-state index in [1.807, 2.05) is 0 Å². The first kappa shape index (κ1) is 12.3. The number of aromatic nitrogens is 1. The van der Waals surface area contributed by atoms with Gasteiger partial charge in [0, 0.05) is 25.4 Å². The molecule has 0 aliphatic carbocycles. The second-order valence-corrected chi connectivity index (χ2v) is 4.15. The average Bonchev–Trinajstić information content (AvgIpc) is 2.79. The van der Waals surface area contributed by atoms with E-state index in [4.69, 9.17) is 10.5 Å². The minimum atomic E-state index is -1.36. The molecule has 18 heavy (non-hydrogen) atoms. The number of carboxylic acids is 1. The van der Waals surface area contributed by atoms with Crippen molar-refractivity contribution in [3.05, 3.63) is 24.0 Å². The molecule has 1 fully saturated rings. The van der Waals surface area contributed by atoms with E-state index in [-0.39, 0.29) is 18.6 Å². The van der Waals surface area contributed by atoms with Gasteiger partial charge in [0.25, 0.3) is 5.91 Å². The van der Waals surface area contributed by atoms with Crippen LogP contribution in [0.1, 0.15) is 16.8 Å². The molecule has 0 saturated carbocycles. The number of anilines is 1. The van der Waals surface area contributed by atoms with Gasteiger partial charge in [-0.05, 0) is 6.07 Å². The van der Waals surface area contributed by atoms with Crippen LogP contribution in [0.15, 0.2) is 18.5 Å². The Morgan fingerprint density at radius 3 is 2.83 bits per heavy atom. The molecule has 1 saturated heterocycles. The number of nitrogens with zero attached hydrogens (tertiary/aromatic N) is 1. The number of nitrogens with two attached hydrogens (primary N) is 1. The number of ether oxygens (including phenoxy) is 1. The van der Waals surface area contributed by atoms with E-state index in [9.17, 15) is 14.7 Å². The standard InChI is InChI=1S/C11H13N3O4/c12-8-3-7(4-13-5-8)9(15)14-11(10(16)17)1-2-18-6-11/h3-5H,1-2,6,12H2,(H,14,15)(H,16,17). The Bertz CT molecular complexity index is 483. The topological polar surface area (TPSA) is 115 Å². The SMILES string of the molecule is Nc1cncc(C(=O)NC2(C(=O)O)CCOC2)c1. The summed E-state index contributed by atoms with van der Waals surface area (Å²) in [7, 11) is 0. The van der Waals surface area contributed by atoms with Crippen molar-refractivity contribution in [3.8, 4) is 0 Å². The summed E-state index contributed by atoms with van der Waals surface area (Å²) in [5.74, 6) is -1.63. The van der Waals surface area contributed by atoms with Gasteiger partial charge in [0.1, 0.15) is 0 Å². The predicted molar refractivity (Wildman–Crippen MR) is 61.9 cm³/mol. The van der Waals surface area contributed by atoms with E-state index >= 15 is 0 Å². The molecule has 7 nitrogen and oxygen atoms in total. The quantitative estimate of drug-likeness (QED) is 0.675. The third-order valence-electron chi connectivity index (χ3n) is 2.81. The van der Waals surface area contributed by atoms with Crippen LogP contribution in [-0.2, 0) is 9.53 Å². The lowest BCUT2D eigenvalue weighted by Gasteiger charge is -2.23. The number of carbonyl (C=O) groups excluding carboxylic acids is 1. The highest BCUT2D eigenvalue weighted by Gasteiger charge is 2.44. The fourth-order valence-corrected chi connectivity index (χ4v) is 1.76. The van der Waals surface area contributed by atoms with Crippen LogP contribution in [0, 0.1) is 0 Å². The molecule has 1 aromatic rings. The minimum Gasteiger partial charge on any atom is -0.479 e. The molecule has 2 rings (SSSR count). The summed E-state index contributed by atoms with van der Waals surface area (Å²) in [6.07, 6.45) is 2.98. The molecule has 96 valence electrons. The molecule has 1 aromatic heterocycles. The molecule has 7 heteroatoms. The second kappa shape index (κ2) is 4.61. The van der Waals surface area contributed by atoms with Crippen LogP contribution < -0.4 is 11.1 Å². The van der Waals surface area contributed by atoms with E-state index < -0.39 is 17.4 Å². The number of rotatable bonds is 3. The van der Waals surface area contributed by atoms with E-state index in [0.717, 1.165) is 0 Å². The van der Waals surface area contributed by atoms with Crippen LogP contribution in [0.2, 0.25) is 0 Å². The summed E-state index contributed by atoms with van der Waals surface area (Å²) < 4.78 is 5.05. The van der Waals surface area contributed by atoms with E-state index in [1.54, 1.807) is 0 Å². The summed E-state index contributed by atoms with van der Waals surface area (Å²) in [6.45, 7) is 0.269. The number of carboxylic acid groups (broad SMARTS) is 1. The summed E-state index contributed by atoms with van der Waals surface area (Å²) in [5, 5.41) is 11.7. The number of nitrogen functional groups attached to an aromatic ring is 1. The lowest BCUT2D eigenvalue weighted by Crippen LogP contribution is -2.55. The van der Waals surface area contributed by atoms with Crippen molar-refractivity contribution in [2.45, 2.75) is 12.0 Å². The summed E-state index contributed by atoms with van der Waals surface area (Å²) in [6, 6.07) is 1.44. The van der Waals surface area contributed by atoms with Crippen LogP contribution in [0.5, 0.6) is 0 Å². The summed E-state index contributed by atoms with van der Waals surface area (Å²) in [5.41, 5.74) is 4.72. The van der Waals surface area contributed by atoms with E-state index in [1.165, 1.54) is 18.5 Å². The van der Waals surface area contributed by atoms with Crippen molar-refractivity contribution in [1.29, 1.82) is 0 Å². The van der Waals surface area contributed by atoms with Crippen LogP contribution in [0.4, 0.5) is 5.69 Å². The number of aliphatic carboxylic acids is 1. The lowest BCUT2D eigenvalue weighted by molar-refractivity contribution is -0.144. The Kier molecular flexibility index (Phi) is 3.15. The van der Waals surface area contributed by atoms with E-state index in [2.05, 4.69) is 10.3 Å². The fourth-order valence-electron chi connectivity index (χ4n) is 1.76. The second-order valence-electron chi connectivity index (χ2n) is 4.15. The average molecular weight is 251 g/mol. The Balaban J connectivity index is 2.18. The van der Waals surface area contributed by atoms with E-state index in [0.29, 0.717) is 12.3 Å². The van der Waals surface area contributed by atoms with Gasteiger partial charge >= 0.3 is 5.97 Å². The first-order chi connectivity index (χ1) is 8.53. The largest absolute Gasteiger partial charge is 0.479 e. The Morgan fingerprint density at radius 2 is 2.28 bits per heavy atom. The molecule has 1 aliphatic heterocycles. The Morgan fingerprint density at radius 1 is 1.50 bits per heavy atom. The molecular weight excluding hydrogens is 238 g/mol. The molecule has 1 amide bonds. The maximum Gasteiger partial charge on any atom is 0.331 e. The molecule has 2 heterocycles. The molecule has 0 radical (unpaired) electrons. The van der Waals surface area contributed by atoms with Crippen LogP contribution in [-0.4, -0.2) is 40.7 Å². The predicted octanol–water partition coefficient (Wildman–Crippen LogP) is -0.363. The highest BCUT2D eigenvalue weighted by Crippen LogP contribution is 2.19. The molecule has 1 atom stereocenters. The van der Waals surface area contributed by atoms with Gasteiger partial charge in [-0.3, -0.25) is 9.78 Å². The minimum absolute atomic E-state index is 0.0379. The van der Waals surface area contributed by atoms with Crippen molar-refractivity contribution < 1.29 is 19.4 Å². The van der Waals surface area contributed by atoms with Gasteiger partial charge in [-0.25, -0.2) is 4.79 Å². The van der Waals surface area contributed by atoms with Gasteiger partial charge < -0.3 is 20.9 Å². The number of pyridine rings is 1. The summed E-state index contributed by atoms with van der Waals surface area (Å²) >= 11 is 0. The summed E-state index contributed by atoms with van der Waals surface area (Å²) in [4.78, 5) is 26.9. The molecule has 1 aliphatic rings.